The number of aryl methyl sites for hydroxylation is 3. The molecule has 6 nitrogen and oxygen atoms in total. The Balaban J connectivity index is 0.00000396. The Morgan fingerprint density at radius 1 is 0.561 bits per heavy atom. The Bertz CT molecular complexity index is 3350. The van der Waals surface area contributed by atoms with Gasteiger partial charge in [-0.25, -0.2) is 4.98 Å². The third kappa shape index (κ3) is 5.55. The molecule has 0 aliphatic rings. The second-order valence-electron chi connectivity index (χ2n) is 14.5. The summed E-state index contributed by atoms with van der Waals surface area (Å²) in [6, 6.07) is 53.2. The summed E-state index contributed by atoms with van der Waals surface area (Å²) in [5, 5.41) is 5.94. The minimum atomic E-state index is 0. The molecule has 11 rings (SSSR count). The van der Waals surface area contributed by atoms with Crippen LogP contribution in [0.15, 0.2) is 146 Å². The van der Waals surface area contributed by atoms with Gasteiger partial charge in [-0.15, -0.1) is 12.1 Å². The summed E-state index contributed by atoms with van der Waals surface area (Å²) in [5.41, 5.74) is 13.2. The van der Waals surface area contributed by atoms with E-state index in [0.717, 1.165) is 88.5 Å². The quantitative estimate of drug-likeness (QED) is 0.127. The predicted molar refractivity (Wildman–Crippen MR) is 226 cm³/mol. The number of aromatic nitrogens is 5. The number of fused-ring (bicyclic) bond motifs is 12. The molecule has 7 heteroatoms. The van der Waals surface area contributed by atoms with E-state index >= 15 is 0 Å². The molecule has 5 aromatic heterocycles. The molecule has 0 bridgehead atoms. The van der Waals surface area contributed by atoms with Crippen LogP contribution >= 0.6 is 0 Å². The van der Waals surface area contributed by atoms with E-state index in [1.807, 2.05) is 48.7 Å². The van der Waals surface area contributed by atoms with Crippen molar-refractivity contribution in [3.63, 3.8) is 0 Å². The van der Waals surface area contributed by atoms with E-state index in [-0.39, 0.29) is 21.1 Å². The number of rotatable bonds is 5. The summed E-state index contributed by atoms with van der Waals surface area (Å²) >= 11 is 0. The van der Waals surface area contributed by atoms with Crippen molar-refractivity contribution in [3.8, 4) is 45.3 Å². The van der Waals surface area contributed by atoms with Gasteiger partial charge in [0.15, 0.2) is 0 Å². The van der Waals surface area contributed by atoms with Crippen LogP contribution in [-0.2, 0) is 21.1 Å². The minimum absolute atomic E-state index is 0. The Labute approximate surface area is 343 Å². The molecular weight excluding hydrogens is 882 g/mol. The van der Waals surface area contributed by atoms with Crippen molar-refractivity contribution in [1.82, 2.24) is 23.8 Å². The van der Waals surface area contributed by atoms with E-state index in [1.54, 1.807) is 0 Å². The Hall–Kier alpha value is -6.62. The van der Waals surface area contributed by atoms with Gasteiger partial charge in [0.2, 0.25) is 0 Å². The molecule has 5 heterocycles. The van der Waals surface area contributed by atoms with Crippen molar-refractivity contribution in [3.05, 3.63) is 175 Å². The Kier molecular flexibility index (Phi) is 8.28. The van der Waals surface area contributed by atoms with E-state index in [0.29, 0.717) is 11.5 Å². The molecule has 0 aliphatic carbocycles. The number of nitrogens with zero attached hydrogens (tertiary/aromatic N) is 5. The normalized spacial score (nSPS) is 11.6. The standard InChI is InChI=1S/C50H33N5O.Pt/c1-30-25-31(2)45(32(3)26-30)43-29-54-44-19-11-10-17-39(44)37-22-20-35(27-41(37)49(54)52-43)56-36-21-23-38-40-18-12-24-51-48(40)55-47(34-15-8-5-9-16-34)46(33-13-6-4-7-14-33)53-50(55)42(38)28-36;/h4-26,29H,1-3H3;/q-2;+2. The second kappa shape index (κ2) is 13.5. The zero-order valence-corrected chi connectivity index (χ0v) is 33.6. The molecule has 0 radical (unpaired) electrons. The van der Waals surface area contributed by atoms with Crippen LogP contribution in [0.25, 0.3) is 88.5 Å². The third-order valence-electron chi connectivity index (χ3n) is 10.9. The number of para-hydroxylation sites is 1. The molecule has 0 spiro atoms. The first-order valence-electron chi connectivity index (χ1n) is 18.8. The SMILES string of the molecule is Cc1cc(C)c(-c2cn3c4ccccc4c4ccc(Oc5[c-]c6c(cc5)c5cccnc5n5c(-c7ccccc7)c(-c7ccccc7)nc65)[c-]c4c3n2)c(C)c1.[Pt+2]. The molecule has 0 unspecified atom stereocenters. The summed E-state index contributed by atoms with van der Waals surface area (Å²) in [5.74, 6) is 1.14. The topological polar surface area (TPSA) is 56.7 Å². The molecule has 0 fully saturated rings. The van der Waals surface area contributed by atoms with Crippen LogP contribution in [-0.4, -0.2) is 23.8 Å². The van der Waals surface area contributed by atoms with E-state index in [9.17, 15) is 0 Å². The van der Waals surface area contributed by atoms with Crippen LogP contribution in [0.4, 0.5) is 0 Å². The van der Waals surface area contributed by atoms with E-state index in [4.69, 9.17) is 19.7 Å². The number of pyridine rings is 3. The average Bonchev–Trinajstić information content (AvgIpc) is 3.85. The Morgan fingerprint density at radius 2 is 1.18 bits per heavy atom. The van der Waals surface area contributed by atoms with Crippen molar-refractivity contribution in [2.24, 2.45) is 0 Å². The van der Waals surface area contributed by atoms with Crippen LogP contribution in [0, 0.1) is 32.9 Å². The van der Waals surface area contributed by atoms with Crippen molar-refractivity contribution in [1.29, 1.82) is 0 Å². The van der Waals surface area contributed by atoms with Gasteiger partial charge in [0.05, 0.1) is 28.4 Å². The number of hydrogen-bond donors (Lipinski definition) is 0. The van der Waals surface area contributed by atoms with Gasteiger partial charge in [-0.1, -0.05) is 148 Å². The number of hydrogen-bond acceptors (Lipinski definition) is 4. The maximum Gasteiger partial charge on any atom is 2.00 e. The molecule has 6 aromatic carbocycles. The Morgan fingerprint density at radius 3 is 1.89 bits per heavy atom. The van der Waals surface area contributed by atoms with E-state index in [1.165, 1.54) is 16.7 Å². The summed E-state index contributed by atoms with van der Waals surface area (Å²) in [7, 11) is 0. The van der Waals surface area contributed by atoms with Crippen LogP contribution in [0.1, 0.15) is 16.7 Å². The zero-order valence-electron chi connectivity index (χ0n) is 31.3. The maximum atomic E-state index is 6.66. The fraction of sp³-hybridized carbons (Fsp3) is 0.0600. The van der Waals surface area contributed by atoms with Gasteiger partial charge >= 0.3 is 21.1 Å². The second-order valence-corrected chi connectivity index (χ2v) is 14.5. The number of ether oxygens (including phenoxy) is 1. The fourth-order valence-corrected chi connectivity index (χ4v) is 8.58. The smallest absolute Gasteiger partial charge is 0.497 e. The molecule has 0 saturated heterocycles. The van der Waals surface area contributed by atoms with Gasteiger partial charge in [-0.3, -0.25) is 9.97 Å². The number of benzene rings is 6. The molecule has 11 aromatic rings. The zero-order chi connectivity index (χ0) is 37.5. The van der Waals surface area contributed by atoms with E-state index < -0.39 is 0 Å². The average molecular weight is 915 g/mol. The molecule has 0 amide bonds. The van der Waals surface area contributed by atoms with Crippen LogP contribution in [0.2, 0.25) is 0 Å². The summed E-state index contributed by atoms with van der Waals surface area (Å²) < 4.78 is 11.0. The van der Waals surface area contributed by atoms with Crippen LogP contribution < -0.4 is 4.74 Å². The van der Waals surface area contributed by atoms with Crippen molar-refractivity contribution in [2.75, 3.05) is 0 Å². The summed E-state index contributed by atoms with van der Waals surface area (Å²) in [4.78, 5) is 15.5. The first-order valence-corrected chi connectivity index (χ1v) is 18.8. The molecule has 274 valence electrons. The van der Waals surface area contributed by atoms with Crippen LogP contribution in [0.3, 0.4) is 0 Å². The fourth-order valence-electron chi connectivity index (χ4n) is 8.58. The largest absolute Gasteiger partial charge is 2.00 e. The first-order chi connectivity index (χ1) is 27.5. The van der Waals surface area contributed by atoms with Gasteiger partial charge in [0.25, 0.3) is 0 Å². The first kappa shape index (κ1) is 34.8. The molecule has 0 aliphatic heterocycles. The maximum absolute atomic E-state index is 6.66. The molecule has 0 atom stereocenters. The molecule has 57 heavy (non-hydrogen) atoms. The van der Waals surface area contributed by atoms with Gasteiger partial charge < -0.3 is 13.5 Å². The number of imidazole rings is 2. The minimum Gasteiger partial charge on any atom is -0.497 e. The van der Waals surface area contributed by atoms with Crippen LogP contribution in [0.5, 0.6) is 11.5 Å². The third-order valence-corrected chi connectivity index (χ3v) is 10.9. The van der Waals surface area contributed by atoms with Gasteiger partial charge in [0, 0.05) is 46.1 Å². The van der Waals surface area contributed by atoms with Gasteiger partial charge in [-0.2, -0.15) is 0 Å². The van der Waals surface area contributed by atoms with Crippen molar-refractivity contribution >= 4 is 54.8 Å². The van der Waals surface area contributed by atoms with Crippen molar-refractivity contribution in [2.45, 2.75) is 20.8 Å². The van der Waals surface area contributed by atoms with E-state index in [2.05, 4.69) is 139 Å². The monoisotopic (exact) mass is 914 g/mol. The predicted octanol–water partition coefficient (Wildman–Crippen LogP) is 12.3. The van der Waals surface area contributed by atoms with Gasteiger partial charge in [0.1, 0.15) is 5.65 Å². The molecule has 0 N–H and O–H groups in total. The van der Waals surface area contributed by atoms with Gasteiger partial charge in [-0.05, 0) is 54.8 Å². The van der Waals surface area contributed by atoms with Crippen molar-refractivity contribution < 1.29 is 25.8 Å². The summed E-state index contributed by atoms with van der Waals surface area (Å²) in [6.07, 6.45) is 4.00. The molecular formula is C50H33N5OPt. The summed E-state index contributed by atoms with van der Waals surface area (Å²) in [6.45, 7) is 6.46. The molecule has 0 saturated carbocycles.